The van der Waals surface area contributed by atoms with E-state index in [9.17, 15) is 18.4 Å². The van der Waals surface area contributed by atoms with Crippen LogP contribution < -0.4 is 10.9 Å². The van der Waals surface area contributed by atoms with Crippen LogP contribution in [0.2, 0.25) is 5.02 Å². The summed E-state index contributed by atoms with van der Waals surface area (Å²) in [6.07, 6.45) is 3.04. The number of rotatable bonds is 5. The van der Waals surface area contributed by atoms with E-state index in [0.717, 1.165) is 16.8 Å². The van der Waals surface area contributed by atoms with E-state index in [1.807, 2.05) is 0 Å². The van der Waals surface area contributed by atoms with Gasteiger partial charge in [0.05, 0.1) is 24.1 Å². The monoisotopic (exact) mass is 469 g/mol. The lowest BCUT2D eigenvalue weighted by atomic mass is 10.1. The van der Waals surface area contributed by atoms with Crippen molar-refractivity contribution in [1.82, 2.24) is 24.9 Å². The summed E-state index contributed by atoms with van der Waals surface area (Å²) in [5, 5.41) is 11.6. The molecule has 7 nitrogen and oxygen atoms in total. The molecule has 1 atom stereocenters. The van der Waals surface area contributed by atoms with Gasteiger partial charge in [0.25, 0.3) is 11.5 Å². The Morgan fingerprint density at radius 2 is 1.82 bits per heavy atom. The largest absolute Gasteiger partial charge is 0.345 e. The summed E-state index contributed by atoms with van der Waals surface area (Å²) in [7, 11) is 1.69. The van der Waals surface area contributed by atoms with E-state index < -0.39 is 29.1 Å². The van der Waals surface area contributed by atoms with Gasteiger partial charge in [0.15, 0.2) is 11.6 Å². The molecule has 0 saturated heterocycles. The Hall–Kier alpha value is -3.85. The zero-order valence-electron chi connectivity index (χ0n) is 17.6. The van der Waals surface area contributed by atoms with Crippen LogP contribution in [0.1, 0.15) is 28.9 Å². The first-order valence-electron chi connectivity index (χ1n) is 9.88. The van der Waals surface area contributed by atoms with Crippen LogP contribution in [0.3, 0.4) is 0 Å². The molecule has 4 aromatic rings. The quantitative estimate of drug-likeness (QED) is 0.478. The van der Waals surface area contributed by atoms with Crippen LogP contribution in [-0.4, -0.2) is 25.5 Å². The van der Waals surface area contributed by atoms with Gasteiger partial charge in [-0.2, -0.15) is 14.9 Å². The number of amides is 1. The molecule has 2 heterocycles. The molecule has 0 aliphatic carbocycles. The standard InChI is InChI=1S/C23H18ClF2N5O2/c1-13(15-5-8-19(25)20(26)9-15)28-22(32)18-10-21(14-3-6-16(24)7-4-14)29-31(23(18)33)17-11-27-30(2)12-17/h3-13H,1-2H3,(H,28,32)/t13-/m0/s1. The summed E-state index contributed by atoms with van der Waals surface area (Å²) in [6, 6.07) is 10.8. The molecule has 0 saturated carbocycles. The van der Waals surface area contributed by atoms with Crippen molar-refractivity contribution in [2.75, 3.05) is 0 Å². The van der Waals surface area contributed by atoms with Crippen LogP contribution in [0, 0.1) is 11.6 Å². The predicted molar refractivity (Wildman–Crippen MR) is 119 cm³/mol. The summed E-state index contributed by atoms with van der Waals surface area (Å²) in [5.41, 5.74) is 0.896. The highest BCUT2D eigenvalue weighted by atomic mass is 35.5. The van der Waals surface area contributed by atoms with Crippen molar-refractivity contribution < 1.29 is 13.6 Å². The first-order chi connectivity index (χ1) is 15.7. The normalized spacial score (nSPS) is 11.9. The van der Waals surface area contributed by atoms with E-state index in [4.69, 9.17) is 11.6 Å². The molecule has 1 N–H and O–H groups in total. The predicted octanol–water partition coefficient (Wildman–Crippen LogP) is 4.06. The van der Waals surface area contributed by atoms with Gasteiger partial charge in [0.2, 0.25) is 0 Å². The molecule has 0 unspecified atom stereocenters. The molecular formula is C23H18ClF2N5O2. The summed E-state index contributed by atoms with van der Waals surface area (Å²) in [6.45, 7) is 1.60. The maximum atomic E-state index is 13.6. The Labute approximate surface area is 192 Å². The molecule has 4 rings (SSSR count). The number of nitrogens with zero attached hydrogens (tertiary/aromatic N) is 4. The van der Waals surface area contributed by atoms with Crippen LogP contribution >= 0.6 is 11.6 Å². The number of aryl methyl sites for hydroxylation is 1. The van der Waals surface area contributed by atoms with Gasteiger partial charge in [-0.15, -0.1) is 0 Å². The molecular weight excluding hydrogens is 452 g/mol. The number of hydrogen-bond donors (Lipinski definition) is 1. The highest BCUT2D eigenvalue weighted by Gasteiger charge is 2.20. The zero-order chi connectivity index (χ0) is 23.7. The minimum atomic E-state index is -1.03. The third kappa shape index (κ3) is 4.68. The first kappa shape index (κ1) is 22.3. The van der Waals surface area contributed by atoms with Gasteiger partial charge in [0, 0.05) is 17.6 Å². The lowest BCUT2D eigenvalue weighted by molar-refractivity contribution is 0.0937. The van der Waals surface area contributed by atoms with Crippen LogP contribution in [0.15, 0.2) is 65.7 Å². The van der Waals surface area contributed by atoms with Crippen molar-refractivity contribution in [3.8, 4) is 16.9 Å². The van der Waals surface area contributed by atoms with Gasteiger partial charge in [-0.25, -0.2) is 8.78 Å². The highest BCUT2D eigenvalue weighted by molar-refractivity contribution is 6.30. The number of benzene rings is 2. The molecule has 0 aliphatic rings. The number of carbonyl (C=O) groups is 1. The third-order valence-corrected chi connectivity index (χ3v) is 5.28. The molecule has 33 heavy (non-hydrogen) atoms. The van der Waals surface area contributed by atoms with Crippen molar-refractivity contribution in [2.45, 2.75) is 13.0 Å². The minimum Gasteiger partial charge on any atom is -0.345 e. The Bertz CT molecular complexity index is 1400. The Balaban J connectivity index is 1.76. The summed E-state index contributed by atoms with van der Waals surface area (Å²) < 4.78 is 29.5. The summed E-state index contributed by atoms with van der Waals surface area (Å²) in [4.78, 5) is 26.2. The number of hydrogen-bond acceptors (Lipinski definition) is 4. The molecule has 0 bridgehead atoms. The van der Waals surface area contributed by atoms with E-state index in [-0.39, 0.29) is 5.56 Å². The third-order valence-electron chi connectivity index (χ3n) is 5.02. The molecule has 1 amide bonds. The summed E-state index contributed by atoms with van der Waals surface area (Å²) >= 11 is 5.97. The topological polar surface area (TPSA) is 81.8 Å². The molecule has 0 radical (unpaired) electrons. The van der Waals surface area contributed by atoms with Gasteiger partial charge in [0.1, 0.15) is 11.3 Å². The molecule has 2 aromatic heterocycles. The van der Waals surface area contributed by atoms with Crippen molar-refractivity contribution in [3.05, 3.63) is 99.1 Å². The van der Waals surface area contributed by atoms with E-state index in [0.29, 0.717) is 27.5 Å². The smallest absolute Gasteiger partial charge is 0.284 e. The van der Waals surface area contributed by atoms with Crippen LogP contribution in [-0.2, 0) is 7.05 Å². The number of aromatic nitrogens is 4. The van der Waals surface area contributed by atoms with Gasteiger partial charge < -0.3 is 5.32 Å². The molecule has 168 valence electrons. The van der Waals surface area contributed by atoms with Gasteiger partial charge >= 0.3 is 0 Å². The lowest BCUT2D eigenvalue weighted by Crippen LogP contribution is -2.35. The fraction of sp³-hybridized carbons (Fsp3) is 0.130. The van der Waals surface area contributed by atoms with Gasteiger partial charge in [-0.1, -0.05) is 29.8 Å². The van der Waals surface area contributed by atoms with E-state index in [1.54, 1.807) is 44.4 Å². The highest BCUT2D eigenvalue weighted by Crippen LogP contribution is 2.21. The zero-order valence-corrected chi connectivity index (χ0v) is 18.3. The average Bonchev–Trinajstić information content (AvgIpc) is 3.22. The Morgan fingerprint density at radius 1 is 1.09 bits per heavy atom. The number of halogens is 3. The lowest BCUT2D eigenvalue weighted by Gasteiger charge is -2.15. The second kappa shape index (κ2) is 8.95. The van der Waals surface area contributed by atoms with Crippen LogP contribution in [0.5, 0.6) is 0 Å². The van der Waals surface area contributed by atoms with Crippen molar-refractivity contribution in [3.63, 3.8) is 0 Å². The second-order valence-electron chi connectivity index (χ2n) is 7.41. The SMILES string of the molecule is C[C@H](NC(=O)c1cc(-c2ccc(Cl)cc2)nn(-c2cnn(C)c2)c1=O)c1ccc(F)c(F)c1. The first-order valence-corrected chi connectivity index (χ1v) is 10.3. The van der Waals surface area contributed by atoms with Crippen molar-refractivity contribution in [1.29, 1.82) is 0 Å². The Kier molecular flexibility index (Phi) is 6.06. The maximum Gasteiger partial charge on any atom is 0.284 e. The molecule has 2 aromatic carbocycles. The van der Waals surface area contributed by atoms with E-state index in [2.05, 4.69) is 15.5 Å². The average molecular weight is 470 g/mol. The molecule has 0 fully saturated rings. The number of carbonyl (C=O) groups excluding carboxylic acids is 1. The second-order valence-corrected chi connectivity index (χ2v) is 7.84. The molecule has 0 spiro atoms. The molecule has 0 aliphatic heterocycles. The summed E-state index contributed by atoms with van der Waals surface area (Å²) in [5.74, 6) is -2.70. The van der Waals surface area contributed by atoms with E-state index >= 15 is 0 Å². The van der Waals surface area contributed by atoms with E-state index in [1.165, 1.54) is 23.0 Å². The number of nitrogens with one attached hydrogen (secondary N) is 1. The molecule has 10 heteroatoms. The maximum absolute atomic E-state index is 13.6. The fourth-order valence-corrected chi connectivity index (χ4v) is 3.38. The Morgan fingerprint density at radius 3 is 2.45 bits per heavy atom. The van der Waals surface area contributed by atoms with Crippen molar-refractivity contribution in [2.24, 2.45) is 7.05 Å². The fourth-order valence-electron chi connectivity index (χ4n) is 3.25. The van der Waals surface area contributed by atoms with Gasteiger partial charge in [-0.3, -0.25) is 14.3 Å². The van der Waals surface area contributed by atoms with Crippen LogP contribution in [0.25, 0.3) is 16.9 Å². The van der Waals surface area contributed by atoms with Gasteiger partial charge in [-0.05, 0) is 42.8 Å². The van der Waals surface area contributed by atoms with Crippen LogP contribution in [0.4, 0.5) is 8.78 Å². The minimum absolute atomic E-state index is 0.173. The van der Waals surface area contributed by atoms with Crippen molar-refractivity contribution >= 4 is 17.5 Å².